The molecule has 7 heteroatoms. The van der Waals surface area contributed by atoms with E-state index in [9.17, 15) is 8.78 Å². The van der Waals surface area contributed by atoms with E-state index >= 15 is 0 Å². The number of furan rings is 1. The first-order valence-electron chi connectivity index (χ1n) is 8.17. The van der Waals surface area contributed by atoms with Crippen LogP contribution in [0, 0.1) is 11.6 Å². The van der Waals surface area contributed by atoms with E-state index in [4.69, 9.17) is 9.15 Å². The number of nitrogens with one attached hydrogen (secondary N) is 2. The number of rotatable bonds is 9. The predicted octanol–water partition coefficient (Wildman–Crippen LogP) is 2.87. The molecule has 0 aliphatic rings. The molecule has 0 fully saturated rings. The van der Waals surface area contributed by atoms with Gasteiger partial charge in [-0.15, -0.1) is 0 Å². The molecule has 0 unspecified atom stereocenters. The molecule has 25 heavy (non-hydrogen) atoms. The molecule has 1 aromatic heterocycles. The van der Waals surface area contributed by atoms with Crippen LogP contribution in [-0.2, 0) is 17.8 Å². The second kappa shape index (κ2) is 10.5. The van der Waals surface area contributed by atoms with Crippen molar-refractivity contribution in [1.29, 1.82) is 0 Å². The lowest BCUT2D eigenvalue weighted by atomic mass is 10.1. The standard InChI is InChI=1S/C18H23F2N3O2/c1-21-18(22-8-3-10-24-13-16-4-2-11-25-16)23-9-7-14-12-15(19)5-6-17(14)20/h2,4-6,11-12H,3,7-10,13H2,1H3,(H2,21,22,23). The third-order valence-corrected chi connectivity index (χ3v) is 3.50. The van der Waals surface area contributed by atoms with Crippen LogP contribution in [0.5, 0.6) is 0 Å². The Morgan fingerprint density at radius 1 is 1.20 bits per heavy atom. The summed E-state index contributed by atoms with van der Waals surface area (Å²) in [4.78, 5) is 4.09. The predicted molar refractivity (Wildman–Crippen MR) is 92.4 cm³/mol. The van der Waals surface area contributed by atoms with Crippen LogP contribution in [0.25, 0.3) is 0 Å². The number of hydrogen-bond donors (Lipinski definition) is 2. The summed E-state index contributed by atoms with van der Waals surface area (Å²) >= 11 is 0. The quantitative estimate of drug-likeness (QED) is 0.414. The van der Waals surface area contributed by atoms with Crippen molar-refractivity contribution < 1.29 is 17.9 Å². The van der Waals surface area contributed by atoms with Gasteiger partial charge in [-0.3, -0.25) is 4.99 Å². The highest BCUT2D eigenvalue weighted by Crippen LogP contribution is 2.09. The Morgan fingerprint density at radius 3 is 2.80 bits per heavy atom. The first-order chi connectivity index (χ1) is 12.2. The van der Waals surface area contributed by atoms with Crippen molar-refractivity contribution in [3.63, 3.8) is 0 Å². The van der Waals surface area contributed by atoms with Gasteiger partial charge >= 0.3 is 0 Å². The molecule has 0 aliphatic heterocycles. The van der Waals surface area contributed by atoms with Gasteiger partial charge in [-0.05, 0) is 48.7 Å². The molecule has 0 radical (unpaired) electrons. The van der Waals surface area contributed by atoms with E-state index in [-0.39, 0.29) is 0 Å². The van der Waals surface area contributed by atoms with Crippen molar-refractivity contribution >= 4 is 5.96 Å². The van der Waals surface area contributed by atoms with Crippen LogP contribution in [0.1, 0.15) is 17.7 Å². The lowest BCUT2D eigenvalue weighted by Crippen LogP contribution is -2.39. The molecule has 136 valence electrons. The zero-order valence-corrected chi connectivity index (χ0v) is 14.2. The number of halogens is 2. The molecule has 0 atom stereocenters. The molecule has 5 nitrogen and oxygen atoms in total. The van der Waals surface area contributed by atoms with Gasteiger partial charge in [0.2, 0.25) is 0 Å². The maximum Gasteiger partial charge on any atom is 0.190 e. The van der Waals surface area contributed by atoms with Gasteiger partial charge in [0, 0.05) is 26.7 Å². The largest absolute Gasteiger partial charge is 0.467 e. The summed E-state index contributed by atoms with van der Waals surface area (Å²) in [6.07, 6.45) is 2.79. The average Bonchev–Trinajstić information content (AvgIpc) is 3.12. The molecule has 1 heterocycles. The van der Waals surface area contributed by atoms with E-state index in [1.54, 1.807) is 13.3 Å². The number of ether oxygens (including phenoxy) is 1. The molecule has 0 amide bonds. The van der Waals surface area contributed by atoms with Gasteiger partial charge in [-0.25, -0.2) is 8.78 Å². The summed E-state index contributed by atoms with van der Waals surface area (Å²) in [5.74, 6) is 0.575. The average molecular weight is 351 g/mol. The number of hydrogen-bond acceptors (Lipinski definition) is 3. The number of benzene rings is 1. The van der Waals surface area contributed by atoms with Gasteiger partial charge in [0.1, 0.15) is 24.0 Å². The maximum absolute atomic E-state index is 13.5. The molecule has 2 N–H and O–H groups in total. The van der Waals surface area contributed by atoms with Gasteiger partial charge in [0.15, 0.2) is 5.96 Å². The highest BCUT2D eigenvalue weighted by molar-refractivity contribution is 5.79. The van der Waals surface area contributed by atoms with Crippen LogP contribution < -0.4 is 10.6 Å². The molecule has 0 bridgehead atoms. The number of aliphatic imine (C=N–C) groups is 1. The molecule has 0 aliphatic carbocycles. The first kappa shape index (κ1) is 18.9. The van der Waals surface area contributed by atoms with Crippen LogP contribution in [0.15, 0.2) is 46.0 Å². The lowest BCUT2D eigenvalue weighted by molar-refractivity contribution is 0.105. The fourth-order valence-corrected chi connectivity index (χ4v) is 2.22. The second-order valence-corrected chi connectivity index (χ2v) is 5.40. The van der Waals surface area contributed by atoms with Gasteiger partial charge in [-0.2, -0.15) is 0 Å². The highest BCUT2D eigenvalue weighted by atomic mass is 19.1. The van der Waals surface area contributed by atoms with Crippen LogP contribution in [-0.4, -0.2) is 32.7 Å². The molecule has 1 aromatic carbocycles. The topological polar surface area (TPSA) is 58.8 Å². The lowest BCUT2D eigenvalue weighted by Gasteiger charge is -2.12. The van der Waals surface area contributed by atoms with E-state index in [1.807, 2.05) is 12.1 Å². The Hall–Kier alpha value is -2.41. The molecular formula is C18H23F2N3O2. The molecule has 2 aromatic rings. The van der Waals surface area contributed by atoms with Crippen LogP contribution >= 0.6 is 0 Å². The summed E-state index contributed by atoms with van der Waals surface area (Å²) < 4.78 is 37.3. The van der Waals surface area contributed by atoms with E-state index in [0.717, 1.165) is 24.3 Å². The van der Waals surface area contributed by atoms with Gasteiger partial charge in [-0.1, -0.05) is 0 Å². The van der Waals surface area contributed by atoms with E-state index < -0.39 is 11.6 Å². The van der Waals surface area contributed by atoms with Crippen molar-refractivity contribution in [3.8, 4) is 0 Å². The summed E-state index contributed by atoms with van der Waals surface area (Å²) in [6, 6.07) is 7.15. The van der Waals surface area contributed by atoms with Crippen LogP contribution in [0.3, 0.4) is 0 Å². The minimum absolute atomic E-state index is 0.342. The Labute approximate surface area is 146 Å². The fourth-order valence-electron chi connectivity index (χ4n) is 2.22. The summed E-state index contributed by atoms with van der Waals surface area (Å²) in [6.45, 7) is 2.19. The third-order valence-electron chi connectivity index (χ3n) is 3.50. The second-order valence-electron chi connectivity index (χ2n) is 5.40. The van der Waals surface area contributed by atoms with Crippen LogP contribution in [0.4, 0.5) is 8.78 Å². The molecule has 0 saturated carbocycles. The Balaban J connectivity index is 1.58. The Bertz CT molecular complexity index is 660. The van der Waals surface area contributed by atoms with Crippen molar-refractivity contribution in [3.05, 3.63) is 59.6 Å². The molecule has 0 saturated heterocycles. The minimum Gasteiger partial charge on any atom is -0.467 e. The monoisotopic (exact) mass is 351 g/mol. The maximum atomic E-state index is 13.5. The van der Waals surface area contributed by atoms with E-state index in [1.165, 1.54) is 6.07 Å². The van der Waals surface area contributed by atoms with Crippen molar-refractivity contribution in [2.45, 2.75) is 19.4 Å². The zero-order valence-electron chi connectivity index (χ0n) is 14.2. The normalized spacial score (nSPS) is 11.6. The van der Waals surface area contributed by atoms with Crippen LogP contribution in [0.2, 0.25) is 0 Å². The van der Waals surface area contributed by atoms with Gasteiger partial charge in [0.25, 0.3) is 0 Å². The van der Waals surface area contributed by atoms with Crippen molar-refractivity contribution in [1.82, 2.24) is 10.6 Å². The molecular weight excluding hydrogens is 328 g/mol. The van der Waals surface area contributed by atoms with Crippen molar-refractivity contribution in [2.24, 2.45) is 4.99 Å². The highest BCUT2D eigenvalue weighted by Gasteiger charge is 2.04. The Morgan fingerprint density at radius 2 is 2.04 bits per heavy atom. The summed E-state index contributed by atoms with van der Waals surface area (Å²) in [7, 11) is 1.66. The molecule has 2 rings (SSSR count). The third kappa shape index (κ3) is 6.93. The Kier molecular flexibility index (Phi) is 7.91. The zero-order chi connectivity index (χ0) is 17.9. The smallest absolute Gasteiger partial charge is 0.190 e. The fraction of sp³-hybridized carbons (Fsp3) is 0.389. The van der Waals surface area contributed by atoms with Crippen molar-refractivity contribution in [2.75, 3.05) is 26.7 Å². The van der Waals surface area contributed by atoms with Gasteiger partial charge < -0.3 is 19.8 Å². The number of nitrogens with zero attached hydrogens (tertiary/aromatic N) is 1. The summed E-state index contributed by atoms with van der Waals surface area (Å²) in [5.41, 5.74) is 0.342. The van der Waals surface area contributed by atoms with Gasteiger partial charge in [0.05, 0.1) is 6.26 Å². The van der Waals surface area contributed by atoms with E-state index in [0.29, 0.717) is 44.2 Å². The summed E-state index contributed by atoms with van der Waals surface area (Å²) in [5, 5.41) is 6.21. The number of guanidine groups is 1. The minimum atomic E-state index is -0.437. The van der Waals surface area contributed by atoms with E-state index in [2.05, 4.69) is 15.6 Å². The molecule has 0 spiro atoms. The first-order valence-corrected chi connectivity index (χ1v) is 8.17. The SMILES string of the molecule is CN=C(NCCCOCc1ccco1)NCCc1cc(F)ccc1F.